The first-order valence-electron chi connectivity index (χ1n) is 7.35. The molecule has 0 bridgehead atoms. The van der Waals surface area contributed by atoms with Crippen molar-refractivity contribution in [2.45, 2.75) is 45.8 Å². The summed E-state index contributed by atoms with van der Waals surface area (Å²) in [5, 5.41) is 10.0. The van der Waals surface area contributed by atoms with Gasteiger partial charge in [-0.3, -0.25) is 4.98 Å². The van der Waals surface area contributed by atoms with Crippen molar-refractivity contribution in [2.24, 2.45) is 0 Å². The minimum Gasteiger partial charge on any atom is -0.389 e. The van der Waals surface area contributed by atoms with E-state index in [1.807, 2.05) is 45.2 Å². The lowest BCUT2D eigenvalue weighted by atomic mass is 10.2. The van der Waals surface area contributed by atoms with Gasteiger partial charge in [0.15, 0.2) is 0 Å². The van der Waals surface area contributed by atoms with Crippen LogP contribution in [0.25, 0.3) is 0 Å². The minimum atomic E-state index is -0.446. The molecule has 0 saturated heterocycles. The van der Waals surface area contributed by atoms with E-state index < -0.39 is 6.10 Å². The summed E-state index contributed by atoms with van der Waals surface area (Å²) in [5.41, 5.74) is 0.887. The van der Waals surface area contributed by atoms with Crippen LogP contribution >= 0.6 is 0 Å². The van der Waals surface area contributed by atoms with Gasteiger partial charge in [-0.25, -0.2) is 0 Å². The van der Waals surface area contributed by atoms with Crippen LogP contribution in [0.3, 0.4) is 0 Å². The smallest absolute Gasteiger partial charge is 0.0900 e. The quantitative estimate of drug-likeness (QED) is 0.792. The number of pyridine rings is 1. The molecule has 0 fully saturated rings. The van der Waals surface area contributed by atoms with Gasteiger partial charge in [0.05, 0.1) is 18.3 Å². The molecule has 1 unspecified atom stereocenters. The van der Waals surface area contributed by atoms with Gasteiger partial charge in [-0.05, 0) is 39.4 Å². The molecule has 1 aromatic heterocycles. The van der Waals surface area contributed by atoms with Gasteiger partial charge in [0, 0.05) is 31.4 Å². The van der Waals surface area contributed by atoms with Gasteiger partial charge in [-0.1, -0.05) is 13.0 Å². The first-order chi connectivity index (χ1) is 9.40. The molecule has 114 valence electrons. The van der Waals surface area contributed by atoms with E-state index in [2.05, 4.69) is 16.8 Å². The summed E-state index contributed by atoms with van der Waals surface area (Å²) >= 11 is 0. The van der Waals surface area contributed by atoms with Crippen molar-refractivity contribution < 1.29 is 9.84 Å². The Labute approximate surface area is 122 Å². The summed E-state index contributed by atoms with van der Waals surface area (Å²) in [6.07, 6.45) is 2.28. The van der Waals surface area contributed by atoms with Crippen molar-refractivity contribution >= 4 is 0 Å². The Bertz CT molecular complexity index is 362. The maximum absolute atomic E-state index is 10.0. The van der Waals surface area contributed by atoms with E-state index in [-0.39, 0.29) is 5.60 Å². The fraction of sp³-hybridized carbons (Fsp3) is 0.688. The number of aliphatic hydroxyl groups excluding tert-OH is 1. The summed E-state index contributed by atoms with van der Waals surface area (Å²) in [5.74, 6) is 0. The summed E-state index contributed by atoms with van der Waals surface area (Å²) in [4.78, 5) is 6.55. The zero-order valence-corrected chi connectivity index (χ0v) is 13.2. The lowest BCUT2D eigenvalue weighted by molar-refractivity contribution is -0.0557. The van der Waals surface area contributed by atoms with Crippen molar-refractivity contribution in [3.63, 3.8) is 0 Å². The normalized spacial score (nSPS) is 13.7. The highest BCUT2D eigenvalue weighted by atomic mass is 16.5. The molecule has 0 aliphatic carbocycles. The van der Waals surface area contributed by atoms with E-state index >= 15 is 0 Å². The Morgan fingerprint density at radius 1 is 1.35 bits per heavy atom. The summed E-state index contributed by atoms with van der Waals surface area (Å²) in [6, 6.07) is 5.96. The maximum atomic E-state index is 10.0. The largest absolute Gasteiger partial charge is 0.389 e. The number of nitrogens with zero attached hydrogens (tertiary/aromatic N) is 2. The molecule has 1 aromatic rings. The number of hydrogen-bond donors (Lipinski definition) is 1. The lowest BCUT2D eigenvalue weighted by Crippen LogP contribution is -2.37. The Morgan fingerprint density at radius 3 is 2.65 bits per heavy atom. The van der Waals surface area contributed by atoms with Gasteiger partial charge in [0.25, 0.3) is 0 Å². The Balaban J connectivity index is 2.31. The SMILES string of the molecule is CCN(CCc1ccccn1)CC(O)COC(C)(C)C. The van der Waals surface area contributed by atoms with Gasteiger partial charge in [0.1, 0.15) is 0 Å². The molecule has 1 rings (SSSR count). The number of aromatic nitrogens is 1. The van der Waals surface area contributed by atoms with Crippen LogP contribution in [-0.4, -0.2) is 52.9 Å². The topological polar surface area (TPSA) is 45.6 Å². The summed E-state index contributed by atoms with van der Waals surface area (Å²) in [6.45, 7) is 10.9. The van der Waals surface area contributed by atoms with E-state index in [0.29, 0.717) is 13.2 Å². The van der Waals surface area contributed by atoms with E-state index in [1.165, 1.54) is 0 Å². The molecule has 0 amide bonds. The fourth-order valence-electron chi connectivity index (χ4n) is 1.89. The molecule has 1 heterocycles. The van der Waals surface area contributed by atoms with Crippen molar-refractivity contribution in [1.29, 1.82) is 0 Å². The second-order valence-electron chi connectivity index (χ2n) is 6.04. The monoisotopic (exact) mass is 280 g/mol. The molecule has 4 heteroatoms. The highest BCUT2D eigenvalue weighted by molar-refractivity contribution is 5.03. The molecule has 1 atom stereocenters. The van der Waals surface area contributed by atoms with Crippen LogP contribution in [0.15, 0.2) is 24.4 Å². The number of likely N-dealkylation sites (N-methyl/N-ethyl adjacent to an activating group) is 1. The molecule has 0 aliphatic rings. The molecule has 0 spiro atoms. The zero-order valence-electron chi connectivity index (χ0n) is 13.2. The van der Waals surface area contributed by atoms with Gasteiger partial charge >= 0.3 is 0 Å². The van der Waals surface area contributed by atoms with Crippen molar-refractivity contribution in [2.75, 3.05) is 26.2 Å². The highest BCUT2D eigenvalue weighted by Gasteiger charge is 2.15. The van der Waals surface area contributed by atoms with Crippen LogP contribution in [0, 0.1) is 0 Å². The van der Waals surface area contributed by atoms with E-state index in [0.717, 1.165) is 25.2 Å². The van der Waals surface area contributed by atoms with Gasteiger partial charge < -0.3 is 14.7 Å². The Hall–Kier alpha value is -0.970. The average molecular weight is 280 g/mol. The van der Waals surface area contributed by atoms with Crippen LogP contribution in [0.1, 0.15) is 33.4 Å². The molecular formula is C16H28N2O2. The molecule has 0 saturated carbocycles. The van der Waals surface area contributed by atoms with Crippen molar-refractivity contribution in [3.05, 3.63) is 30.1 Å². The Kier molecular flexibility index (Phi) is 7.13. The fourth-order valence-corrected chi connectivity index (χ4v) is 1.89. The molecule has 4 nitrogen and oxygen atoms in total. The third-order valence-electron chi connectivity index (χ3n) is 3.04. The summed E-state index contributed by atoms with van der Waals surface area (Å²) < 4.78 is 5.61. The van der Waals surface area contributed by atoms with Gasteiger partial charge in [-0.2, -0.15) is 0 Å². The zero-order chi connectivity index (χ0) is 15.0. The minimum absolute atomic E-state index is 0.202. The predicted molar refractivity (Wildman–Crippen MR) is 81.8 cm³/mol. The number of aliphatic hydroxyl groups is 1. The lowest BCUT2D eigenvalue weighted by Gasteiger charge is -2.26. The average Bonchev–Trinajstić information content (AvgIpc) is 2.41. The third kappa shape index (κ3) is 7.58. The molecular weight excluding hydrogens is 252 g/mol. The maximum Gasteiger partial charge on any atom is 0.0900 e. The predicted octanol–water partition coefficient (Wildman–Crippen LogP) is 2.12. The number of rotatable bonds is 8. The molecule has 1 N–H and O–H groups in total. The first kappa shape index (κ1) is 17.1. The molecule has 20 heavy (non-hydrogen) atoms. The van der Waals surface area contributed by atoms with Gasteiger partial charge in [0.2, 0.25) is 0 Å². The van der Waals surface area contributed by atoms with E-state index in [1.54, 1.807) is 0 Å². The van der Waals surface area contributed by atoms with Crippen LogP contribution in [0.5, 0.6) is 0 Å². The number of ether oxygens (including phenoxy) is 1. The second kappa shape index (κ2) is 8.35. The summed E-state index contributed by atoms with van der Waals surface area (Å²) in [7, 11) is 0. The Morgan fingerprint density at radius 2 is 2.10 bits per heavy atom. The molecule has 0 radical (unpaired) electrons. The van der Waals surface area contributed by atoms with Crippen LogP contribution in [0.2, 0.25) is 0 Å². The molecule has 0 aliphatic heterocycles. The van der Waals surface area contributed by atoms with Crippen molar-refractivity contribution in [1.82, 2.24) is 9.88 Å². The third-order valence-corrected chi connectivity index (χ3v) is 3.04. The first-order valence-corrected chi connectivity index (χ1v) is 7.35. The highest BCUT2D eigenvalue weighted by Crippen LogP contribution is 2.08. The second-order valence-corrected chi connectivity index (χ2v) is 6.04. The molecule has 0 aromatic carbocycles. The van der Waals surface area contributed by atoms with Gasteiger partial charge in [-0.15, -0.1) is 0 Å². The van der Waals surface area contributed by atoms with Crippen LogP contribution in [0.4, 0.5) is 0 Å². The standard InChI is InChI=1S/C16H28N2O2/c1-5-18(11-9-14-8-6-7-10-17-14)12-15(19)13-20-16(2,3)4/h6-8,10,15,19H,5,9,11-13H2,1-4H3. The van der Waals surface area contributed by atoms with E-state index in [4.69, 9.17) is 4.74 Å². The number of hydrogen-bond acceptors (Lipinski definition) is 4. The van der Waals surface area contributed by atoms with E-state index in [9.17, 15) is 5.11 Å². The van der Waals surface area contributed by atoms with Crippen LogP contribution < -0.4 is 0 Å². The van der Waals surface area contributed by atoms with Crippen LogP contribution in [-0.2, 0) is 11.2 Å². The van der Waals surface area contributed by atoms with Crippen molar-refractivity contribution in [3.8, 4) is 0 Å².